The first-order valence-corrected chi connectivity index (χ1v) is 16.8. The first kappa shape index (κ1) is 26.0. The molecule has 1 aliphatic carbocycles. The van der Waals surface area contributed by atoms with E-state index in [1.165, 1.54) is 80.5 Å². The predicted octanol–water partition coefficient (Wildman–Crippen LogP) is 12.5. The smallest absolute Gasteiger partial charge is 0.0808 e. The van der Waals surface area contributed by atoms with Crippen LogP contribution in [0.4, 0.5) is 0 Å². The van der Waals surface area contributed by atoms with Gasteiger partial charge in [-0.2, -0.15) is 0 Å². The van der Waals surface area contributed by atoms with Crippen molar-refractivity contribution < 1.29 is 0 Å². The van der Waals surface area contributed by atoms with Gasteiger partial charge in [0.2, 0.25) is 0 Å². The monoisotopic (exact) mass is 603 g/mol. The van der Waals surface area contributed by atoms with Crippen molar-refractivity contribution in [2.75, 3.05) is 0 Å². The van der Waals surface area contributed by atoms with Gasteiger partial charge in [0, 0.05) is 36.5 Å². The van der Waals surface area contributed by atoms with Crippen molar-refractivity contribution >= 4 is 64.0 Å². The highest BCUT2D eigenvalue weighted by molar-refractivity contribution is 7.26. The molecule has 10 rings (SSSR count). The maximum atomic E-state index is 5.55. The Kier molecular flexibility index (Phi) is 5.28. The fourth-order valence-corrected chi connectivity index (χ4v) is 9.13. The maximum absolute atomic E-state index is 5.55. The molecule has 2 heteroatoms. The van der Waals surface area contributed by atoms with Gasteiger partial charge in [-0.15, -0.1) is 11.3 Å². The van der Waals surface area contributed by atoms with Gasteiger partial charge in [0.1, 0.15) is 0 Å². The quantitative estimate of drug-likeness (QED) is 0.192. The molecule has 0 unspecified atom stereocenters. The molecule has 46 heavy (non-hydrogen) atoms. The second kappa shape index (κ2) is 9.36. The van der Waals surface area contributed by atoms with Crippen LogP contribution in [0.3, 0.4) is 0 Å². The standard InChI is InChI=1S/C44H29NS/c1-44(2)37-14-8-7-13-32(37)33-19-18-30(24-38(33)44)39-25-36(29-16-15-26-9-3-4-11-28(26)23-29)34-21-22-40-41(42(34)45-39)35-20-17-27-10-5-6-12-31(27)43(35)46-40/h3-25H,1-2H3. The molecule has 9 aromatic rings. The SMILES string of the molecule is CC1(C)c2ccccc2-c2ccc(-c3cc(-c4ccc5ccccc5c4)c4ccc5sc6c7ccccc7ccc6c5c4n3)cc21. The van der Waals surface area contributed by atoms with Gasteiger partial charge >= 0.3 is 0 Å². The van der Waals surface area contributed by atoms with E-state index in [0.717, 1.165) is 16.8 Å². The summed E-state index contributed by atoms with van der Waals surface area (Å²) in [5.41, 5.74) is 11.0. The number of benzene rings is 7. The van der Waals surface area contributed by atoms with Crippen molar-refractivity contribution in [2.45, 2.75) is 19.3 Å². The zero-order valence-corrected chi connectivity index (χ0v) is 26.5. The van der Waals surface area contributed by atoms with E-state index in [9.17, 15) is 0 Å². The molecule has 2 heterocycles. The summed E-state index contributed by atoms with van der Waals surface area (Å²) in [5.74, 6) is 0. The molecule has 0 saturated carbocycles. The van der Waals surface area contributed by atoms with Crippen LogP contribution in [0.2, 0.25) is 0 Å². The lowest BCUT2D eigenvalue weighted by Crippen LogP contribution is -2.14. The molecule has 0 spiro atoms. The molecule has 0 amide bonds. The topological polar surface area (TPSA) is 12.9 Å². The molecule has 1 nitrogen and oxygen atoms in total. The van der Waals surface area contributed by atoms with Crippen LogP contribution in [-0.4, -0.2) is 4.98 Å². The molecule has 0 fully saturated rings. The summed E-state index contributed by atoms with van der Waals surface area (Å²) in [4.78, 5) is 5.55. The average molecular weight is 604 g/mol. The Morgan fingerprint density at radius 1 is 0.500 bits per heavy atom. The Morgan fingerprint density at radius 2 is 1.22 bits per heavy atom. The Morgan fingerprint density at radius 3 is 2.13 bits per heavy atom. The van der Waals surface area contributed by atoms with Crippen molar-refractivity contribution in [3.63, 3.8) is 0 Å². The van der Waals surface area contributed by atoms with Crippen molar-refractivity contribution in [1.82, 2.24) is 4.98 Å². The second-order valence-corrected chi connectivity index (χ2v) is 14.2. The number of nitrogens with zero attached hydrogens (tertiary/aromatic N) is 1. The molecular weight excluding hydrogens is 575 g/mol. The minimum Gasteiger partial charge on any atom is -0.247 e. The maximum Gasteiger partial charge on any atom is 0.0808 e. The van der Waals surface area contributed by atoms with Gasteiger partial charge in [0.05, 0.1) is 11.2 Å². The number of fused-ring (bicyclic) bond motifs is 11. The van der Waals surface area contributed by atoms with Crippen LogP contribution < -0.4 is 0 Å². The van der Waals surface area contributed by atoms with Gasteiger partial charge < -0.3 is 0 Å². The molecule has 0 bridgehead atoms. The average Bonchev–Trinajstić information content (AvgIpc) is 3.60. The minimum atomic E-state index is -0.0716. The fourth-order valence-electron chi connectivity index (χ4n) is 7.89. The van der Waals surface area contributed by atoms with E-state index in [1.54, 1.807) is 0 Å². The summed E-state index contributed by atoms with van der Waals surface area (Å²) in [7, 11) is 0. The fraction of sp³-hybridized carbons (Fsp3) is 0.0682. The summed E-state index contributed by atoms with van der Waals surface area (Å²) < 4.78 is 2.61. The Hall–Kier alpha value is -5.31. The lowest BCUT2D eigenvalue weighted by molar-refractivity contribution is 0.660. The van der Waals surface area contributed by atoms with Crippen LogP contribution >= 0.6 is 11.3 Å². The van der Waals surface area contributed by atoms with Crippen LogP contribution in [0.15, 0.2) is 140 Å². The molecule has 1 aliphatic rings. The molecular formula is C44H29NS. The van der Waals surface area contributed by atoms with Crippen molar-refractivity contribution in [1.29, 1.82) is 0 Å². The largest absolute Gasteiger partial charge is 0.247 e. The first-order chi connectivity index (χ1) is 22.5. The van der Waals surface area contributed by atoms with Gasteiger partial charge in [-0.3, -0.25) is 0 Å². The van der Waals surface area contributed by atoms with E-state index >= 15 is 0 Å². The Bertz CT molecular complexity index is 2730. The number of hydrogen-bond acceptors (Lipinski definition) is 2. The lowest BCUT2D eigenvalue weighted by Gasteiger charge is -2.22. The Balaban J connectivity index is 1.29. The van der Waals surface area contributed by atoms with Crippen molar-refractivity contribution in [2.24, 2.45) is 0 Å². The van der Waals surface area contributed by atoms with Crippen molar-refractivity contribution in [3.8, 4) is 33.5 Å². The van der Waals surface area contributed by atoms with E-state index in [2.05, 4.69) is 153 Å². The van der Waals surface area contributed by atoms with Gasteiger partial charge in [0.15, 0.2) is 0 Å². The minimum absolute atomic E-state index is 0.0716. The molecule has 0 radical (unpaired) electrons. The van der Waals surface area contributed by atoms with E-state index in [-0.39, 0.29) is 5.41 Å². The molecule has 0 N–H and O–H groups in total. The van der Waals surface area contributed by atoms with Crippen LogP contribution in [0, 0.1) is 0 Å². The summed E-state index contributed by atoms with van der Waals surface area (Å²) >= 11 is 1.88. The summed E-state index contributed by atoms with van der Waals surface area (Å²) in [6.07, 6.45) is 0. The van der Waals surface area contributed by atoms with E-state index in [0.29, 0.717) is 0 Å². The zero-order chi connectivity index (χ0) is 30.6. The molecule has 0 aliphatic heterocycles. The number of thiophene rings is 1. The third-order valence-corrected chi connectivity index (χ3v) is 11.4. The van der Waals surface area contributed by atoms with E-state index in [1.807, 2.05) is 11.3 Å². The van der Waals surface area contributed by atoms with Crippen LogP contribution in [0.5, 0.6) is 0 Å². The van der Waals surface area contributed by atoms with Crippen molar-refractivity contribution in [3.05, 3.63) is 151 Å². The van der Waals surface area contributed by atoms with Gasteiger partial charge in [0.25, 0.3) is 0 Å². The van der Waals surface area contributed by atoms with Gasteiger partial charge in [-0.05, 0) is 79.2 Å². The lowest BCUT2D eigenvalue weighted by atomic mass is 9.82. The number of pyridine rings is 1. The normalized spacial score (nSPS) is 13.6. The van der Waals surface area contributed by atoms with E-state index in [4.69, 9.17) is 4.98 Å². The molecule has 7 aromatic carbocycles. The van der Waals surface area contributed by atoms with Gasteiger partial charge in [-0.1, -0.05) is 129 Å². The molecule has 0 atom stereocenters. The van der Waals surface area contributed by atoms with E-state index < -0.39 is 0 Å². The summed E-state index contributed by atoms with van der Waals surface area (Å²) in [6.45, 7) is 4.70. The summed E-state index contributed by atoms with van der Waals surface area (Å²) in [5, 5.41) is 8.80. The molecule has 0 saturated heterocycles. The summed E-state index contributed by atoms with van der Waals surface area (Å²) in [6, 6.07) is 51.5. The highest BCUT2D eigenvalue weighted by Crippen LogP contribution is 2.50. The number of hydrogen-bond donors (Lipinski definition) is 0. The predicted molar refractivity (Wildman–Crippen MR) is 198 cm³/mol. The van der Waals surface area contributed by atoms with Gasteiger partial charge in [-0.25, -0.2) is 4.98 Å². The van der Waals surface area contributed by atoms with Crippen LogP contribution in [-0.2, 0) is 5.41 Å². The molecule has 2 aromatic heterocycles. The Labute approximate surface area is 271 Å². The zero-order valence-electron chi connectivity index (χ0n) is 25.6. The second-order valence-electron chi connectivity index (χ2n) is 13.1. The van der Waals surface area contributed by atoms with Crippen LogP contribution in [0.25, 0.3) is 86.1 Å². The first-order valence-electron chi connectivity index (χ1n) is 16.0. The number of aromatic nitrogens is 1. The third kappa shape index (κ3) is 3.59. The highest BCUT2D eigenvalue weighted by atomic mass is 32.1. The third-order valence-electron chi connectivity index (χ3n) is 10.2. The van der Waals surface area contributed by atoms with Crippen LogP contribution in [0.1, 0.15) is 25.0 Å². The molecule has 216 valence electrons. The highest BCUT2D eigenvalue weighted by Gasteiger charge is 2.35. The number of rotatable bonds is 2.